The molecule has 0 heterocycles. The summed E-state index contributed by atoms with van der Waals surface area (Å²) in [6.45, 7) is 43.6. The third kappa shape index (κ3) is 83.9. The lowest BCUT2D eigenvalue weighted by atomic mass is 9.86. The van der Waals surface area contributed by atoms with Crippen molar-refractivity contribution in [3.8, 4) is 0 Å². The minimum Gasteiger partial charge on any atom is -0.207 e. The van der Waals surface area contributed by atoms with E-state index in [1.165, 1.54) is 38.5 Å². The Morgan fingerprint density at radius 1 is 0.364 bits per heavy atom. The molecule has 44 heavy (non-hydrogen) atoms. The molecule has 0 rings (SSSR count). The van der Waals surface area contributed by atoms with Crippen molar-refractivity contribution in [3.63, 3.8) is 0 Å². The molecule has 0 aliphatic carbocycles. The quantitative estimate of drug-likeness (QED) is 0.220. The predicted molar refractivity (Wildman–Crippen MR) is 195 cm³/mol. The Morgan fingerprint density at radius 2 is 0.682 bits per heavy atom. The lowest BCUT2D eigenvalue weighted by molar-refractivity contribution is 0.00244. The van der Waals surface area contributed by atoms with Gasteiger partial charge in [0, 0.05) is 12.8 Å². The van der Waals surface area contributed by atoms with E-state index in [1.807, 2.05) is 20.8 Å². The molecule has 0 N–H and O–H groups in total. The third-order valence-electron chi connectivity index (χ3n) is 6.16. The molecule has 0 saturated carbocycles. The second-order valence-electron chi connectivity index (χ2n) is 19.7. The van der Waals surface area contributed by atoms with Crippen LogP contribution in [0.4, 0.5) is 17.6 Å². The van der Waals surface area contributed by atoms with Gasteiger partial charge in [-0.3, -0.25) is 0 Å². The van der Waals surface area contributed by atoms with Gasteiger partial charge in [0.15, 0.2) is 0 Å². The first-order valence-electron chi connectivity index (χ1n) is 17.7. The molecule has 0 aromatic rings. The number of alkyl halides is 4. The van der Waals surface area contributed by atoms with E-state index >= 15 is 0 Å². The van der Waals surface area contributed by atoms with Crippen molar-refractivity contribution in [2.24, 2.45) is 33.0 Å². The van der Waals surface area contributed by atoms with Crippen LogP contribution >= 0.6 is 0 Å². The predicted octanol–water partition coefficient (Wildman–Crippen LogP) is 16.5. The Labute approximate surface area is 278 Å². The Hall–Kier alpha value is -0.280. The van der Waals surface area contributed by atoms with Crippen LogP contribution in [0.25, 0.3) is 0 Å². The molecule has 0 amide bonds. The topological polar surface area (TPSA) is 0 Å². The summed E-state index contributed by atoms with van der Waals surface area (Å²) in [6.07, 6.45) is 10.1. The second-order valence-corrected chi connectivity index (χ2v) is 19.7. The summed E-state index contributed by atoms with van der Waals surface area (Å²) in [5.74, 6) is -4.13. The van der Waals surface area contributed by atoms with Crippen LogP contribution in [0, 0.1) is 33.0 Å². The molecule has 0 spiro atoms. The van der Waals surface area contributed by atoms with Crippen LogP contribution in [-0.2, 0) is 0 Å². The number of unbranched alkanes of at least 4 members (excludes halogenated alkanes) is 1. The largest absolute Gasteiger partial charge is 0.245 e. The fourth-order valence-electron chi connectivity index (χ4n) is 4.21. The molecule has 0 saturated heterocycles. The minimum atomic E-state index is -2.49. The van der Waals surface area contributed by atoms with E-state index in [1.54, 1.807) is 0 Å². The van der Waals surface area contributed by atoms with E-state index in [4.69, 9.17) is 0 Å². The number of rotatable bonds is 9. The SMILES string of the molecule is CC(C)(C)CCC(C)(F)F.CC(C)(C)CCCC(C)(F)F.CC(C)CC(C)(C)C.CCCC(C)(C)C.CCCCC(C)(C)C. The molecule has 0 fully saturated rings. The van der Waals surface area contributed by atoms with Crippen molar-refractivity contribution in [3.05, 3.63) is 0 Å². The van der Waals surface area contributed by atoms with Crippen molar-refractivity contribution in [1.29, 1.82) is 0 Å². The molecule has 0 aromatic carbocycles. The van der Waals surface area contributed by atoms with Gasteiger partial charge in [-0.1, -0.05) is 151 Å². The van der Waals surface area contributed by atoms with Gasteiger partial charge in [0.2, 0.25) is 11.8 Å². The van der Waals surface area contributed by atoms with Gasteiger partial charge in [0.1, 0.15) is 0 Å². The van der Waals surface area contributed by atoms with E-state index in [9.17, 15) is 17.6 Å². The molecule has 0 bridgehead atoms. The van der Waals surface area contributed by atoms with Gasteiger partial charge in [-0.15, -0.1) is 0 Å². The van der Waals surface area contributed by atoms with Gasteiger partial charge >= 0.3 is 0 Å². The number of halogens is 4. The Morgan fingerprint density at radius 3 is 0.795 bits per heavy atom. The summed E-state index contributed by atoms with van der Waals surface area (Å²) in [5.41, 5.74) is 1.84. The standard InChI is InChI=1S/C9H18F2.C8H16F2.2C8H18.C7H16/c1-8(2,3)6-5-7-9(4,10)11;1-7(2,3)5-6-8(4,9)10;1-7(2)6-8(3,4)5;1-5-6-7-8(2,3)4;1-5-6-7(2,3)4/h5-7H2,1-4H3;5-6H2,1-4H3;7H,6H2,1-5H3;5-7H2,1-4H3;5-6H2,1-4H3. The highest BCUT2D eigenvalue weighted by molar-refractivity contribution is 4.67. The molecular weight excluding hydrogens is 556 g/mol. The highest BCUT2D eigenvalue weighted by Crippen LogP contribution is 2.29. The lowest BCUT2D eigenvalue weighted by Gasteiger charge is -2.20. The first-order valence-corrected chi connectivity index (χ1v) is 17.7. The van der Waals surface area contributed by atoms with Crippen molar-refractivity contribution >= 4 is 0 Å². The van der Waals surface area contributed by atoms with Crippen LogP contribution in [0.2, 0.25) is 0 Å². The summed E-state index contributed by atoms with van der Waals surface area (Å²) in [4.78, 5) is 0. The van der Waals surface area contributed by atoms with Crippen molar-refractivity contribution in [1.82, 2.24) is 0 Å². The summed E-state index contributed by atoms with van der Waals surface area (Å²) in [6, 6.07) is 0. The van der Waals surface area contributed by atoms with Crippen LogP contribution in [0.3, 0.4) is 0 Å². The number of hydrogen-bond acceptors (Lipinski definition) is 0. The molecule has 0 aliphatic rings. The third-order valence-corrected chi connectivity index (χ3v) is 6.16. The van der Waals surface area contributed by atoms with Crippen molar-refractivity contribution in [2.75, 3.05) is 0 Å². The summed E-state index contributed by atoms with van der Waals surface area (Å²) in [7, 11) is 0. The summed E-state index contributed by atoms with van der Waals surface area (Å²) in [5, 5.41) is 0. The average Bonchev–Trinajstić information content (AvgIpc) is 2.66. The maximum Gasteiger partial charge on any atom is 0.245 e. The molecule has 0 unspecified atom stereocenters. The van der Waals surface area contributed by atoms with Crippen molar-refractivity contribution in [2.45, 2.75) is 228 Å². The van der Waals surface area contributed by atoms with Gasteiger partial charge in [0.25, 0.3) is 0 Å². The van der Waals surface area contributed by atoms with Crippen LogP contribution in [0.1, 0.15) is 216 Å². The Balaban J connectivity index is -0.000000145. The highest BCUT2D eigenvalue weighted by atomic mass is 19.3. The molecular formula is C40H86F4. The molecule has 274 valence electrons. The summed E-state index contributed by atoms with van der Waals surface area (Å²) < 4.78 is 49.1. The zero-order valence-corrected chi connectivity index (χ0v) is 34.4. The molecule has 0 aromatic heterocycles. The number of hydrogen-bond donors (Lipinski definition) is 0. The van der Waals surface area contributed by atoms with Gasteiger partial charge in [0.05, 0.1) is 0 Å². The van der Waals surface area contributed by atoms with E-state index < -0.39 is 11.8 Å². The van der Waals surface area contributed by atoms with Gasteiger partial charge < -0.3 is 0 Å². The molecule has 0 radical (unpaired) electrons. The van der Waals surface area contributed by atoms with Crippen LogP contribution in [0.5, 0.6) is 0 Å². The zero-order chi connectivity index (χ0) is 36.9. The van der Waals surface area contributed by atoms with Crippen LogP contribution in [0.15, 0.2) is 0 Å². The second kappa shape index (κ2) is 23.9. The smallest absolute Gasteiger partial charge is 0.207 e. The first-order chi connectivity index (χ1) is 19.0. The van der Waals surface area contributed by atoms with E-state index in [0.29, 0.717) is 29.1 Å². The van der Waals surface area contributed by atoms with E-state index in [2.05, 4.69) is 111 Å². The average molecular weight is 643 g/mol. The Bertz CT molecular complexity index is 573. The first kappa shape index (κ1) is 53.2. The molecule has 0 nitrogen and oxygen atoms in total. The lowest BCUT2D eigenvalue weighted by Crippen LogP contribution is -2.15. The van der Waals surface area contributed by atoms with Crippen molar-refractivity contribution < 1.29 is 17.6 Å². The van der Waals surface area contributed by atoms with Gasteiger partial charge in [-0.2, -0.15) is 0 Å². The van der Waals surface area contributed by atoms with Crippen LogP contribution < -0.4 is 0 Å². The molecule has 0 atom stereocenters. The van der Waals surface area contributed by atoms with E-state index in [-0.39, 0.29) is 23.7 Å². The maximum atomic E-state index is 12.3. The zero-order valence-electron chi connectivity index (χ0n) is 34.4. The molecule has 0 aliphatic heterocycles. The minimum absolute atomic E-state index is 0.00347. The van der Waals surface area contributed by atoms with Gasteiger partial charge in [-0.25, -0.2) is 17.6 Å². The fraction of sp³-hybridized carbons (Fsp3) is 1.00. The fourth-order valence-corrected chi connectivity index (χ4v) is 4.21. The normalized spacial score (nSPS) is 13.0. The summed E-state index contributed by atoms with van der Waals surface area (Å²) >= 11 is 0. The maximum absolute atomic E-state index is 12.3. The molecule has 4 heteroatoms. The monoisotopic (exact) mass is 643 g/mol. The van der Waals surface area contributed by atoms with E-state index in [0.717, 1.165) is 26.2 Å². The van der Waals surface area contributed by atoms with Crippen LogP contribution in [-0.4, -0.2) is 11.8 Å². The van der Waals surface area contributed by atoms with Gasteiger partial charge in [-0.05, 0) is 85.4 Å². The Kier molecular flexibility index (Phi) is 29.0. The highest BCUT2D eigenvalue weighted by Gasteiger charge is 2.24.